The van der Waals surface area contributed by atoms with Gasteiger partial charge in [0, 0.05) is 29.5 Å². The van der Waals surface area contributed by atoms with E-state index in [9.17, 15) is 14.3 Å². The van der Waals surface area contributed by atoms with Crippen molar-refractivity contribution in [2.75, 3.05) is 13.2 Å². The molecule has 1 aliphatic rings. The summed E-state index contributed by atoms with van der Waals surface area (Å²) in [6, 6.07) is 5.56. The largest absolute Gasteiger partial charge is 0.488 e. The molecule has 1 atom stereocenters. The summed E-state index contributed by atoms with van der Waals surface area (Å²) in [6.07, 6.45) is 0.509. The number of benzene rings is 1. The number of ether oxygens (including phenoxy) is 3. The minimum atomic E-state index is -1.14. The summed E-state index contributed by atoms with van der Waals surface area (Å²) in [5.74, 6) is -0.241. The van der Waals surface area contributed by atoms with Gasteiger partial charge in [-0.25, -0.2) is 14.2 Å². The lowest BCUT2D eigenvalue weighted by atomic mass is 10.2. The zero-order valence-corrected chi connectivity index (χ0v) is 21.1. The number of carboxylic acid groups (broad SMARTS) is 1. The highest BCUT2D eigenvalue weighted by Crippen LogP contribution is 2.37. The van der Waals surface area contributed by atoms with Gasteiger partial charge in [0.15, 0.2) is 11.6 Å². The maximum atomic E-state index is 14.9. The van der Waals surface area contributed by atoms with Crippen LogP contribution in [-0.4, -0.2) is 62.4 Å². The van der Waals surface area contributed by atoms with Crippen LogP contribution in [0.4, 0.5) is 9.18 Å². The molecule has 1 aliphatic heterocycles. The smallest absolute Gasteiger partial charge is 0.410 e. The first-order chi connectivity index (χ1) is 16.5. The first kappa shape index (κ1) is 25.1. The first-order valence-corrected chi connectivity index (χ1v) is 12.0. The van der Waals surface area contributed by atoms with Crippen LogP contribution >= 0.6 is 22.9 Å². The van der Waals surface area contributed by atoms with Crippen LogP contribution in [0.3, 0.4) is 0 Å². The average Bonchev–Trinajstić information content (AvgIpc) is 3.38. The topological polar surface area (TPSA) is 107 Å². The number of carbonyl (C=O) groups is 1. The molecule has 1 saturated heterocycles. The molecule has 1 unspecified atom stereocenters. The molecule has 35 heavy (non-hydrogen) atoms. The molecule has 9 nitrogen and oxygen atoms in total. The lowest BCUT2D eigenvalue weighted by molar-refractivity contribution is -0.0430. The summed E-state index contributed by atoms with van der Waals surface area (Å²) in [7, 11) is 0. The number of pyridine rings is 1. The Morgan fingerprint density at radius 2 is 2.09 bits per heavy atom. The maximum Gasteiger partial charge on any atom is 0.410 e. The molecule has 1 N–H and O–H groups in total. The fourth-order valence-corrected chi connectivity index (χ4v) is 4.81. The molecular weight excluding hydrogens is 499 g/mol. The van der Waals surface area contributed by atoms with Gasteiger partial charge in [0.05, 0.1) is 23.8 Å². The van der Waals surface area contributed by atoms with Crippen molar-refractivity contribution in [1.82, 2.24) is 20.1 Å². The fraction of sp³-hybridized carbons (Fsp3) is 0.391. The molecule has 186 valence electrons. The zero-order valence-electron chi connectivity index (χ0n) is 19.5. The Balaban J connectivity index is 1.49. The van der Waals surface area contributed by atoms with Gasteiger partial charge in [0.25, 0.3) is 0 Å². The number of halogens is 2. The highest BCUT2D eigenvalue weighted by atomic mass is 35.5. The SMILES string of the molecule is CC(C)Oc1ccc(-c2nnc(-c3cc(F)c(OCC4COC(C)(C)N4C(=O)O)cc3Cl)s2)cn1. The van der Waals surface area contributed by atoms with E-state index in [1.54, 1.807) is 26.1 Å². The summed E-state index contributed by atoms with van der Waals surface area (Å²) in [5, 5.41) is 19.1. The third-order valence-corrected chi connectivity index (χ3v) is 6.55. The van der Waals surface area contributed by atoms with Crippen molar-refractivity contribution in [3.8, 4) is 32.8 Å². The molecule has 12 heteroatoms. The molecule has 4 rings (SSSR count). The van der Waals surface area contributed by atoms with Crippen LogP contribution in [0, 0.1) is 5.82 Å². The van der Waals surface area contributed by atoms with E-state index in [4.69, 9.17) is 25.8 Å². The predicted octanol–water partition coefficient (Wildman–Crippen LogP) is 5.34. The third-order valence-electron chi connectivity index (χ3n) is 5.23. The highest BCUT2D eigenvalue weighted by molar-refractivity contribution is 7.18. The molecule has 3 heterocycles. The first-order valence-electron chi connectivity index (χ1n) is 10.8. The molecule has 2 aromatic heterocycles. The van der Waals surface area contributed by atoms with Crippen LogP contribution in [0.5, 0.6) is 11.6 Å². The Morgan fingerprint density at radius 1 is 1.34 bits per heavy atom. The van der Waals surface area contributed by atoms with E-state index in [0.29, 0.717) is 21.5 Å². The quantitative estimate of drug-likeness (QED) is 0.443. The van der Waals surface area contributed by atoms with Crippen LogP contribution in [0.15, 0.2) is 30.5 Å². The van der Waals surface area contributed by atoms with E-state index < -0.39 is 23.7 Å². The number of amides is 1. The summed E-state index contributed by atoms with van der Waals surface area (Å²) in [5.41, 5.74) is 0.115. The van der Waals surface area contributed by atoms with Crippen molar-refractivity contribution < 1.29 is 28.5 Å². The van der Waals surface area contributed by atoms with E-state index in [2.05, 4.69) is 15.2 Å². The predicted molar refractivity (Wildman–Crippen MR) is 128 cm³/mol. The molecule has 0 bridgehead atoms. The Bertz CT molecular complexity index is 1220. The van der Waals surface area contributed by atoms with Crippen LogP contribution in [0.2, 0.25) is 5.02 Å². The molecule has 1 fully saturated rings. The van der Waals surface area contributed by atoms with Gasteiger partial charge < -0.3 is 19.3 Å². The molecular formula is C23H24ClFN4O5S. The Morgan fingerprint density at radius 3 is 2.74 bits per heavy atom. The molecule has 1 amide bonds. The monoisotopic (exact) mass is 522 g/mol. The molecule has 3 aromatic rings. The van der Waals surface area contributed by atoms with E-state index in [1.165, 1.54) is 23.5 Å². The van der Waals surface area contributed by atoms with Crippen LogP contribution in [0.25, 0.3) is 21.1 Å². The number of hydrogen-bond donors (Lipinski definition) is 1. The third kappa shape index (κ3) is 5.47. The van der Waals surface area contributed by atoms with Gasteiger partial charge in [0.2, 0.25) is 5.88 Å². The van der Waals surface area contributed by atoms with Crippen LogP contribution < -0.4 is 9.47 Å². The number of hydrogen-bond acceptors (Lipinski definition) is 8. The van der Waals surface area contributed by atoms with Crippen LogP contribution in [0.1, 0.15) is 27.7 Å². The van der Waals surface area contributed by atoms with Gasteiger partial charge in [-0.05, 0) is 39.8 Å². The zero-order chi connectivity index (χ0) is 25.3. The number of rotatable bonds is 7. The Labute approximate surface area is 210 Å². The number of aromatic nitrogens is 3. The standard InChI is InChI=1S/C23H24ClFN4O5S/c1-12(2)34-19-6-5-13(9-26-19)20-27-28-21(35-20)15-7-17(25)18(8-16(15)24)32-10-14-11-33-23(3,4)29(14)22(30)31/h5-9,12,14H,10-11H2,1-4H3,(H,30,31). The summed E-state index contributed by atoms with van der Waals surface area (Å²) < 4.78 is 31.5. The number of nitrogens with zero attached hydrogens (tertiary/aromatic N) is 4. The summed E-state index contributed by atoms with van der Waals surface area (Å²) in [4.78, 5) is 17.0. The summed E-state index contributed by atoms with van der Waals surface area (Å²) in [6.45, 7) is 7.18. The average molecular weight is 523 g/mol. The van der Waals surface area contributed by atoms with Crippen molar-refractivity contribution in [2.45, 2.75) is 45.6 Å². The van der Waals surface area contributed by atoms with Gasteiger partial charge in [-0.3, -0.25) is 4.90 Å². The highest BCUT2D eigenvalue weighted by Gasteiger charge is 2.44. The minimum Gasteiger partial charge on any atom is -0.488 e. The molecule has 0 radical (unpaired) electrons. The van der Waals surface area contributed by atoms with Gasteiger partial charge in [-0.2, -0.15) is 0 Å². The Kier molecular flexibility index (Phi) is 7.11. The normalized spacial score (nSPS) is 17.1. The molecule has 0 aliphatic carbocycles. The second-order valence-corrected chi connectivity index (χ2v) is 9.99. The minimum absolute atomic E-state index is 0.0138. The lowest BCUT2D eigenvalue weighted by Gasteiger charge is -2.30. The van der Waals surface area contributed by atoms with E-state index in [0.717, 1.165) is 10.5 Å². The van der Waals surface area contributed by atoms with Crippen molar-refractivity contribution >= 4 is 29.0 Å². The molecule has 0 saturated carbocycles. The van der Waals surface area contributed by atoms with E-state index >= 15 is 0 Å². The second kappa shape index (κ2) is 9.92. The Hall–Kier alpha value is -3.02. The van der Waals surface area contributed by atoms with Crippen LogP contribution in [-0.2, 0) is 4.74 Å². The van der Waals surface area contributed by atoms with Gasteiger partial charge in [-0.1, -0.05) is 22.9 Å². The van der Waals surface area contributed by atoms with E-state index in [1.807, 2.05) is 19.9 Å². The van der Waals surface area contributed by atoms with Crippen molar-refractivity contribution in [3.63, 3.8) is 0 Å². The van der Waals surface area contributed by atoms with Crippen molar-refractivity contribution in [2.24, 2.45) is 0 Å². The van der Waals surface area contributed by atoms with Crippen molar-refractivity contribution in [3.05, 3.63) is 41.3 Å². The van der Waals surface area contributed by atoms with E-state index in [-0.39, 0.29) is 30.1 Å². The fourth-order valence-electron chi connectivity index (χ4n) is 3.65. The maximum absolute atomic E-state index is 14.9. The van der Waals surface area contributed by atoms with Crippen molar-refractivity contribution in [1.29, 1.82) is 0 Å². The summed E-state index contributed by atoms with van der Waals surface area (Å²) >= 11 is 7.66. The van der Waals surface area contributed by atoms with Gasteiger partial charge in [-0.15, -0.1) is 10.2 Å². The lowest BCUT2D eigenvalue weighted by Crippen LogP contribution is -2.49. The van der Waals surface area contributed by atoms with Gasteiger partial charge in [0.1, 0.15) is 22.3 Å². The molecule has 1 aromatic carbocycles. The second-order valence-electron chi connectivity index (χ2n) is 8.60. The molecule has 0 spiro atoms. The van der Waals surface area contributed by atoms with Gasteiger partial charge >= 0.3 is 6.09 Å².